The summed E-state index contributed by atoms with van der Waals surface area (Å²) in [5.41, 5.74) is 6.50. The Labute approximate surface area is 194 Å². The van der Waals surface area contributed by atoms with Crippen molar-refractivity contribution >= 4 is 24.2 Å². The first-order valence-electron chi connectivity index (χ1n) is 10.8. The quantitative estimate of drug-likeness (QED) is 0.359. The summed E-state index contributed by atoms with van der Waals surface area (Å²) in [5, 5.41) is 4.66. The lowest BCUT2D eigenvalue weighted by Crippen LogP contribution is -2.35. The number of hydrogen-bond acceptors (Lipinski definition) is 6. The molecule has 1 aromatic heterocycles. The molecule has 1 aliphatic rings. The van der Waals surface area contributed by atoms with Gasteiger partial charge in [-0.3, -0.25) is 14.6 Å². The topological polar surface area (TPSA) is 51.9 Å². The Morgan fingerprint density at radius 1 is 1.09 bits per heavy atom. The molecule has 6 nitrogen and oxygen atoms in total. The summed E-state index contributed by atoms with van der Waals surface area (Å²) in [7, 11) is 1.69. The van der Waals surface area contributed by atoms with Gasteiger partial charge in [-0.15, -0.1) is 11.8 Å². The molecular weight excluding hydrogens is 420 g/mol. The fraction of sp³-hybridized carbons (Fsp3) is 0.360. The van der Waals surface area contributed by atoms with Crippen LogP contribution in [0.4, 0.5) is 5.69 Å². The summed E-state index contributed by atoms with van der Waals surface area (Å²) in [6.45, 7) is 12.2. The van der Waals surface area contributed by atoms with Gasteiger partial charge in [0.1, 0.15) is 5.75 Å². The molecule has 0 atom stereocenters. The predicted molar refractivity (Wildman–Crippen MR) is 132 cm³/mol. The third-order valence-electron chi connectivity index (χ3n) is 5.67. The Morgan fingerprint density at radius 2 is 1.84 bits per heavy atom. The van der Waals surface area contributed by atoms with E-state index in [-0.39, 0.29) is 0 Å². The average Bonchev–Trinajstić information content (AvgIpc) is 3.14. The fourth-order valence-corrected chi connectivity index (χ4v) is 5.04. The largest absolute Gasteiger partial charge is 0.497 e. The van der Waals surface area contributed by atoms with Gasteiger partial charge in [-0.25, -0.2) is 0 Å². The van der Waals surface area contributed by atoms with Gasteiger partial charge in [0.05, 0.1) is 38.2 Å². The summed E-state index contributed by atoms with van der Waals surface area (Å²) in [6.07, 6.45) is 0. The van der Waals surface area contributed by atoms with Crippen LogP contribution < -0.4 is 4.74 Å². The minimum Gasteiger partial charge on any atom is -0.497 e. The second-order valence-electron chi connectivity index (χ2n) is 7.96. The average molecular weight is 451 g/mol. The van der Waals surface area contributed by atoms with Crippen LogP contribution in [-0.4, -0.2) is 60.7 Å². The Kier molecular flexibility index (Phi) is 7.29. The van der Waals surface area contributed by atoms with Gasteiger partial charge in [-0.2, -0.15) is 5.10 Å². The summed E-state index contributed by atoms with van der Waals surface area (Å²) in [5.74, 6) is 1.75. The van der Waals surface area contributed by atoms with E-state index in [2.05, 4.69) is 59.0 Å². The van der Waals surface area contributed by atoms with E-state index in [1.807, 2.05) is 35.5 Å². The number of aromatic nitrogens is 2. The molecule has 2 aromatic carbocycles. The first-order valence-corrected chi connectivity index (χ1v) is 11.8. The molecule has 0 unspecified atom stereocenters. The van der Waals surface area contributed by atoms with E-state index in [9.17, 15) is 0 Å². The molecule has 0 aliphatic carbocycles. The number of rotatable bonds is 8. The predicted octanol–water partition coefficient (Wildman–Crippen LogP) is 4.94. The van der Waals surface area contributed by atoms with Gasteiger partial charge in [-0.1, -0.05) is 12.1 Å². The molecule has 4 rings (SSSR count). The fourth-order valence-electron chi connectivity index (χ4n) is 3.91. The van der Waals surface area contributed by atoms with E-state index in [0.717, 1.165) is 76.6 Å². The van der Waals surface area contributed by atoms with Crippen molar-refractivity contribution in [3.05, 3.63) is 59.4 Å². The van der Waals surface area contributed by atoms with Crippen LogP contribution in [0.5, 0.6) is 5.75 Å². The van der Waals surface area contributed by atoms with Gasteiger partial charge in [0, 0.05) is 35.1 Å². The van der Waals surface area contributed by atoms with Crippen molar-refractivity contribution in [3.63, 3.8) is 0 Å². The SMILES string of the molecule is C=Nc1c(Cn2nc(C)cc2C)cc(-c2ccc(OC)cc2)cc1SCN1CCOCC1. The molecule has 0 amide bonds. The van der Waals surface area contributed by atoms with E-state index < -0.39 is 0 Å². The van der Waals surface area contributed by atoms with E-state index in [1.54, 1.807) is 7.11 Å². The number of benzene rings is 2. The van der Waals surface area contributed by atoms with Crippen LogP contribution in [0, 0.1) is 13.8 Å². The highest BCUT2D eigenvalue weighted by Crippen LogP contribution is 2.38. The van der Waals surface area contributed by atoms with Gasteiger partial charge < -0.3 is 9.47 Å². The van der Waals surface area contributed by atoms with Gasteiger partial charge in [0.15, 0.2) is 0 Å². The molecule has 2 heterocycles. The van der Waals surface area contributed by atoms with Crippen molar-refractivity contribution in [2.45, 2.75) is 25.3 Å². The zero-order valence-corrected chi connectivity index (χ0v) is 19.8. The molecule has 0 radical (unpaired) electrons. The van der Waals surface area contributed by atoms with Crippen LogP contribution in [0.15, 0.2) is 52.4 Å². The Morgan fingerprint density at radius 3 is 2.47 bits per heavy atom. The Bertz CT molecular complexity index is 1070. The lowest BCUT2D eigenvalue weighted by atomic mass is 10.0. The van der Waals surface area contributed by atoms with Crippen molar-refractivity contribution < 1.29 is 9.47 Å². The van der Waals surface area contributed by atoms with Crippen molar-refractivity contribution in [1.29, 1.82) is 0 Å². The van der Waals surface area contributed by atoms with Crippen LogP contribution in [-0.2, 0) is 11.3 Å². The molecule has 0 N–H and O–H groups in total. The minimum atomic E-state index is 0.656. The third-order valence-corrected chi connectivity index (χ3v) is 6.78. The van der Waals surface area contributed by atoms with Crippen LogP contribution in [0.3, 0.4) is 0 Å². The molecule has 1 aliphatic heterocycles. The Balaban J connectivity index is 1.71. The third kappa shape index (κ3) is 5.23. The van der Waals surface area contributed by atoms with Crippen LogP contribution in [0.2, 0.25) is 0 Å². The van der Waals surface area contributed by atoms with E-state index in [4.69, 9.17) is 9.47 Å². The number of nitrogens with zero attached hydrogens (tertiary/aromatic N) is 4. The van der Waals surface area contributed by atoms with Crippen molar-refractivity contribution in [2.75, 3.05) is 39.3 Å². The number of aliphatic imine (C=N–C) groups is 1. The first-order chi connectivity index (χ1) is 15.6. The number of thioether (sulfide) groups is 1. The highest BCUT2D eigenvalue weighted by Gasteiger charge is 2.16. The summed E-state index contributed by atoms with van der Waals surface area (Å²) < 4.78 is 12.9. The van der Waals surface area contributed by atoms with Crippen LogP contribution in [0.1, 0.15) is 17.0 Å². The lowest BCUT2D eigenvalue weighted by Gasteiger charge is -2.26. The summed E-state index contributed by atoms with van der Waals surface area (Å²) >= 11 is 1.81. The van der Waals surface area contributed by atoms with Gasteiger partial charge in [0.2, 0.25) is 0 Å². The molecule has 7 heteroatoms. The van der Waals surface area contributed by atoms with Crippen LogP contribution in [0.25, 0.3) is 11.1 Å². The van der Waals surface area contributed by atoms with Crippen molar-refractivity contribution in [3.8, 4) is 16.9 Å². The zero-order valence-electron chi connectivity index (χ0n) is 19.0. The molecule has 0 spiro atoms. The van der Waals surface area contributed by atoms with E-state index >= 15 is 0 Å². The smallest absolute Gasteiger partial charge is 0.118 e. The number of aryl methyl sites for hydroxylation is 2. The second kappa shape index (κ2) is 10.3. The number of methoxy groups -OCH3 is 1. The van der Waals surface area contributed by atoms with Crippen molar-refractivity contribution in [1.82, 2.24) is 14.7 Å². The lowest BCUT2D eigenvalue weighted by molar-refractivity contribution is 0.0474. The van der Waals surface area contributed by atoms with Crippen molar-refractivity contribution in [2.24, 2.45) is 4.99 Å². The van der Waals surface area contributed by atoms with Crippen LogP contribution >= 0.6 is 11.8 Å². The highest BCUT2D eigenvalue weighted by atomic mass is 32.2. The van der Waals surface area contributed by atoms with Gasteiger partial charge in [0.25, 0.3) is 0 Å². The molecule has 1 fully saturated rings. The molecule has 32 heavy (non-hydrogen) atoms. The Hall–Kier alpha value is -2.61. The maximum absolute atomic E-state index is 5.49. The minimum absolute atomic E-state index is 0.656. The van der Waals surface area contributed by atoms with Gasteiger partial charge in [-0.05, 0) is 62.0 Å². The normalized spacial score (nSPS) is 14.5. The maximum atomic E-state index is 5.49. The molecule has 0 saturated carbocycles. The highest BCUT2D eigenvalue weighted by molar-refractivity contribution is 7.99. The van der Waals surface area contributed by atoms with E-state index in [1.165, 1.54) is 0 Å². The summed E-state index contributed by atoms with van der Waals surface area (Å²) in [6, 6.07) is 14.7. The zero-order chi connectivity index (χ0) is 22.5. The molecule has 3 aromatic rings. The van der Waals surface area contributed by atoms with Gasteiger partial charge >= 0.3 is 0 Å². The molecule has 0 bridgehead atoms. The number of hydrogen-bond donors (Lipinski definition) is 0. The number of morpholine rings is 1. The molecule has 1 saturated heterocycles. The molecule has 168 valence electrons. The first kappa shape index (κ1) is 22.6. The standard InChI is InChI=1S/C25H30N4O2S/c1-18-13-19(2)29(27-18)16-22-14-21(20-5-7-23(30-4)8-6-20)15-24(25(22)26-3)32-17-28-9-11-31-12-10-28/h5-8,13-15H,3,9-12,16-17H2,1-2,4H3. The monoisotopic (exact) mass is 450 g/mol. The summed E-state index contributed by atoms with van der Waals surface area (Å²) in [4.78, 5) is 8.01. The maximum Gasteiger partial charge on any atom is 0.118 e. The van der Waals surface area contributed by atoms with E-state index in [0.29, 0.717) is 6.54 Å². The number of ether oxygens (including phenoxy) is 2. The molecular formula is C25H30N4O2S. The second-order valence-corrected chi connectivity index (χ2v) is 8.94.